The van der Waals surface area contributed by atoms with Gasteiger partial charge < -0.3 is 10.5 Å². The molecule has 5 heteroatoms. The Bertz CT molecular complexity index is 403. The van der Waals surface area contributed by atoms with Crippen LogP contribution in [0.3, 0.4) is 0 Å². The molecule has 5 nitrogen and oxygen atoms in total. The van der Waals surface area contributed by atoms with Gasteiger partial charge in [-0.25, -0.2) is 4.79 Å². The van der Waals surface area contributed by atoms with Crippen molar-refractivity contribution in [3.05, 3.63) is 23.3 Å². The number of aryl methyl sites for hydroxylation is 1. The van der Waals surface area contributed by atoms with Crippen LogP contribution in [0.15, 0.2) is 12.1 Å². The summed E-state index contributed by atoms with van der Waals surface area (Å²) < 4.78 is 0. The predicted octanol–water partition coefficient (Wildman–Crippen LogP) is 0.975. The van der Waals surface area contributed by atoms with Crippen LogP contribution in [0.5, 0.6) is 0 Å². The molecule has 1 aliphatic heterocycles. The highest BCUT2D eigenvalue weighted by atomic mass is 16.4. The molecule has 1 heterocycles. The summed E-state index contributed by atoms with van der Waals surface area (Å²) in [4.78, 5) is 10.9. The Kier molecular flexibility index (Phi) is 1.82. The molecular formula is C9H11N3O2. The molecule has 0 atom stereocenters. The summed E-state index contributed by atoms with van der Waals surface area (Å²) in [6.45, 7) is 1.78. The number of hydrogen-bond donors (Lipinski definition) is 3. The Morgan fingerprint density at radius 3 is 2.86 bits per heavy atom. The van der Waals surface area contributed by atoms with Crippen molar-refractivity contribution in [2.24, 2.45) is 0 Å². The standard InChI is InChI=1S/C9H11N3O2/c1-5-3-7-8(12(2)11-10-7)4-6(5)9(13)14/h3-4,10-11H,1-2H3,(H,13,14). The third kappa shape index (κ3) is 1.18. The van der Waals surface area contributed by atoms with Crippen LogP contribution in [-0.4, -0.2) is 18.1 Å². The maximum atomic E-state index is 10.9. The Labute approximate surface area is 81.3 Å². The van der Waals surface area contributed by atoms with E-state index in [1.807, 2.05) is 13.1 Å². The minimum Gasteiger partial charge on any atom is -0.478 e. The first-order valence-electron chi connectivity index (χ1n) is 4.23. The molecule has 0 bridgehead atoms. The fraction of sp³-hybridized carbons (Fsp3) is 0.222. The van der Waals surface area contributed by atoms with Crippen molar-refractivity contribution in [1.82, 2.24) is 5.53 Å². The molecule has 1 aromatic rings. The van der Waals surface area contributed by atoms with Gasteiger partial charge in [0.2, 0.25) is 0 Å². The smallest absolute Gasteiger partial charge is 0.336 e. The first-order chi connectivity index (χ1) is 6.59. The van der Waals surface area contributed by atoms with E-state index in [0.717, 1.165) is 16.9 Å². The van der Waals surface area contributed by atoms with Crippen molar-refractivity contribution in [1.29, 1.82) is 0 Å². The molecule has 1 aromatic carbocycles. The summed E-state index contributed by atoms with van der Waals surface area (Å²) >= 11 is 0. The molecule has 0 amide bonds. The van der Waals surface area contributed by atoms with Gasteiger partial charge in [-0.3, -0.25) is 5.01 Å². The summed E-state index contributed by atoms with van der Waals surface area (Å²) in [6, 6.07) is 3.47. The van der Waals surface area contributed by atoms with E-state index < -0.39 is 5.97 Å². The van der Waals surface area contributed by atoms with Gasteiger partial charge in [-0.1, -0.05) is 0 Å². The molecule has 74 valence electrons. The average molecular weight is 193 g/mol. The molecule has 0 radical (unpaired) electrons. The molecule has 0 saturated heterocycles. The van der Waals surface area contributed by atoms with Gasteiger partial charge in [-0.2, -0.15) is 0 Å². The van der Waals surface area contributed by atoms with E-state index in [9.17, 15) is 4.79 Å². The number of benzene rings is 1. The van der Waals surface area contributed by atoms with Crippen molar-refractivity contribution in [3.63, 3.8) is 0 Å². The van der Waals surface area contributed by atoms with Gasteiger partial charge in [0.15, 0.2) is 0 Å². The second-order valence-corrected chi connectivity index (χ2v) is 3.29. The number of hydrogen-bond acceptors (Lipinski definition) is 4. The third-order valence-corrected chi connectivity index (χ3v) is 2.29. The van der Waals surface area contributed by atoms with Gasteiger partial charge in [0.25, 0.3) is 0 Å². The molecule has 14 heavy (non-hydrogen) atoms. The molecule has 0 saturated carbocycles. The maximum Gasteiger partial charge on any atom is 0.336 e. The van der Waals surface area contributed by atoms with Crippen LogP contribution >= 0.6 is 0 Å². The lowest BCUT2D eigenvalue weighted by Crippen LogP contribution is -2.31. The molecule has 1 aliphatic rings. The monoisotopic (exact) mass is 193 g/mol. The second-order valence-electron chi connectivity index (χ2n) is 3.29. The minimum absolute atomic E-state index is 0.334. The lowest BCUT2D eigenvalue weighted by molar-refractivity contribution is 0.0696. The number of anilines is 2. The molecule has 0 aliphatic carbocycles. The van der Waals surface area contributed by atoms with Crippen molar-refractivity contribution in [2.75, 3.05) is 17.5 Å². The number of nitrogens with one attached hydrogen (secondary N) is 2. The molecule has 3 N–H and O–H groups in total. The average Bonchev–Trinajstić information content (AvgIpc) is 2.46. The van der Waals surface area contributed by atoms with Crippen molar-refractivity contribution in [2.45, 2.75) is 6.92 Å². The van der Waals surface area contributed by atoms with Crippen LogP contribution in [0.1, 0.15) is 15.9 Å². The normalized spacial score (nSPS) is 13.7. The van der Waals surface area contributed by atoms with E-state index in [-0.39, 0.29) is 0 Å². The van der Waals surface area contributed by atoms with E-state index in [4.69, 9.17) is 5.11 Å². The molecule has 0 aromatic heterocycles. The first-order valence-corrected chi connectivity index (χ1v) is 4.23. The number of hydrazine groups is 2. The molecule has 0 fully saturated rings. The predicted molar refractivity (Wildman–Crippen MR) is 53.3 cm³/mol. The molecule has 2 rings (SSSR count). The van der Waals surface area contributed by atoms with Gasteiger partial charge in [0.05, 0.1) is 16.9 Å². The lowest BCUT2D eigenvalue weighted by Gasteiger charge is -2.10. The van der Waals surface area contributed by atoms with E-state index in [0.29, 0.717) is 5.56 Å². The number of fused-ring (bicyclic) bond motifs is 1. The van der Waals surface area contributed by atoms with Crippen LogP contribution in [-0.2, 0) is 0 Å². The largest absolute Gasteiger partial charge is 0.478 e. The summed E-state index contributed by atoms with van der Waals surface area (Å²) in [5, 5.41) is 10.7. The highest BCUT2D eigenvalue weighted by Crippen LogP contribution is 2.30. The number of rotatable bonds is 1. The van der Waals surface area contributed by atoms with Gasteiger partial charge in [-0.15, -0.1) is 5.53 Å². The van der Waals surface area contributed by atoms with Crippen LogP contribution < -0.4 is 16.0 Å². The van der Waals surface area contributed by atoms with E-state index in [1.54, 1.807) is 18.0 Å². The van der Waals surface area contributed by atoms with Crippen LogP contribution in [0.25, 0.3) is 0 Å². The van der Waals surface area contributed by atoms with Gasteiger partial charge in [0, 0.05) is 7.05 Å². The Morgan fingerprint density at radius 2 is 2.21 bits per heavy atom. The number of nitrogens with zero attached hydrogens (tertiary/aromatic N) is 1. The van der Waals surface area contributed by atoms with Crippen LogP contribution in [0, 0.1) is 6.92 Å². The highest BCUT2D eigenvalue weighted by molar-refractivity contribution is 5.93. The maximum absolute atomic E-state index is 10.9. The Hall–Kier alpha value is -1.75. The second kappa shape index (κ2) is 2.88. The lowest BCUT2D eigenvalue weighted by atomic mass is 10.1. The highest BCUT2D eigenvalue weighted by Gasteiger charge is 2.18. The topological polar surface area (TPSA) is 64.6 Å². The fourth-order valence-electron chi connectivity index (χ4n) is 1.51. The van der Waals surface area contributed by atoms with Crippen molar-refractivity contribution >= 4 is 17.3 Å². The third-order valence-electron chi connectivity index (χ3n) is 2.29. The van der Waals surface area contributed by atoms with Gasteiger partial charge in [-0.05, 0) is 24.6 Å². The summed E-state index contributed by atoms with van der Waals surface area (Å²) in [7, 11) is 1.82. The quantitative estimate of drug-likeness (QED) is 0.620. The van der Waals surface area contributed by atoms with E-state index >= 15 is 0 Å². The zero-order valence-corrected chi connectivity index (χ0v) is 7.96. The summed E-state index contributed by atoms with van der Waals surface area (Å²) in [5.41, 5.74) is 8.63. The SMILES string of the molecule is Cc1cc2c(cc1C(=O)O)N(C)NN2. The van der Waals surface area contributed by atoms with E-state index in [1.165, 1.54) is 0 Å². The zero-order chi connectivity index (χ0) is 10.3. The summed E-state index contributed by atoms with van der Waals surface area (Å²) in [6.07, 6.45) is 0. The van der Waals surface area contributed by atoms with Crippen LogP contribution in [0.4, 0.5) is 11.4 Å². The molecule has 0 spiro atoms. The Balaban J connectivity index is 2.57. The fourth-order valence-corrected chi connectivity index (χ4v) is 1.51. The number of carbonyl (C=O) groups is 1. The number of aromatic carboxylic acids is 1. The summed E-state index contributed by atoms with van der Waals surface area (Å²) in [5.74, 6) is -0.898. The van der Waals surface area contributed by atoms with Crippen molar-refractivity contribution < 1.29 is 9.90 Å². The minimum atomic E-state index is -0.898. The van der Waals surface area contributed by atoms with Gasteiger partial charge >= 0.3 is 5.97 Å². The number of carboxylic acids is 1. The zero-order valence-electron chi connectivity index (χ0n) is 7.96. The van der Waals surface area contributed by atoms with Gasteiger partial charge in [0.1, 0.15) is 0 Å². The number of carboxylic acid groups (broad SMARTS) is 1. The first kappa shape index (κ1) is 8.83. The molecule has 0 unspecified atom stereocenters. The van der Waals surface area contributed by atoms with E-state index in [2.05, 4.69) is 11.0 Å². The van der Waals surface area contributed by atoms with Crippen molar-refractivity contribution in [3.8, 4) is 0 Å². The molecular weight excluding hydrogens is 182 g/mol. The Morgan fingerprint density at radius 1 is 1.50 bits per heavy atom. The van der Waals surface area contributed by atoms with Crippen LogP contribution in [0.2, 0.25) is 0 Å².